The number of allylic oxidation sites excluding steroid dienone is 34. The molecule has 0 spiro atoms. The molecule has 17 nitrogen and oxygen atoms in total. The molecule has 0 heterocycles. The smallest absolute Gasteiger partial charge is 0.462 e. The van der Waals surface area contributed by atoms with E-state index in [9.17, 15) is 43.2 Å². The maximum absolute atomic E-state index is 13.1. The molecule has 110 heavy (non-hydrogen) atoms. The van der Waals surface area contributed by atoms with Crippen molar-refractivity contribution in [2.45, 2.75) is 303 Å². The van der Waals surface area contributed by atoms with Gasteiger partial charge in [-0.25, -0.2) is 9.13 Å². The molecule has 0 saturated carbocycles. The van der Waals surface area contributed by atoms with Gasteiger partial charge in [0.25, 0.3) is 0 Å². The maximum atomic E-state index is 13.1. The van der Waals surface area contributed by atoms with E-state index in [1.165, 1.54) is 38.5 Å². The van der Waals surface area contributed by atoms with Gasteiger partial charge in [0.2, 0.25) is 0 Å². The van der Waals surface area contributed by atoms with Crippen LogP contribution in [0.1, 0.15) is 285 Å². The Morgan fingerprint density at radius 1 is 0.264 bits per heavy atom. The highest BCUT2D eigenvalue weighted by Crippen LogP contribution is 2.45. The second kappa shape index (κ2) is 80.7. The van der Waals surface area contributed by atoms with E-state index in [0.29, 0.717) is 38.5 Å². The normalized spacial score (nSPS) is 14.9. The van der Waals surface area contributed by atoms with Crippen molar-refractivity contribution in [2.75, 3.05) is 39.6 Å². The van der Waals surface area contributed by atoms with Crippen molar-refractivity contribution >= 4 is 39.5 Å². The second-order valence-corrected chi connectivity index (χ2v) is 29.5. The van der Waals surface area contributed by atoms with Gasteiger partial charge in [0.15, 0.2) is 12.2 Å². The summed E-state index contributed by atoms with van der Waals surface area (Å²) in [6, 6.07) is 0. The molecule has 0 radical (unpaired) electrons. The number of phosphoric acid groups is 2. The molecule has 0 aliphatic heterocycles. The van der Waals surface area contributed by atoms with Crippen LogP contribution in [0.25, 0.3) is 0 Å². The van der Waals surface area contributed by atoms with Crippen molar-refractivity contribution in [3.63, 3.8) is 0 Å². The Kier molecular flexibility index (Phi) is 76.0. The Morgan fingerprint density at radius 3 is 0.809 bits per heavy atom. The van der Waals surface area contributed by atoms with Gasteiger partial charge in [-0.15, -0.1) is 0 Å². The molecule has 0 amide bonds. The molecule has 0 aliphatic carbocycles. The van der Waals surface area contributed by atoms with E-state index in [2.05, 4.69) is 198 Å². The van der Waals surface area contributed by atoms with Gasteiger partial charge in [0.1, 0.15) is 19.3 Å². The van der Waals surface area contributed by atoms with E-state index in [-0.39, 0.29) is 25.7 Å². The number of ether oxygens (including phenoxy) is 4. The number of rotatable bonds is 75. The van der Waals surface area contributed by atoms with Crippen molar-refractivity contribution in [3.05, 3.63) is 207 Å². The van der Waals surface area contributed by atoms with E-state index in [1.807, 2.05) is 36.5 Å². The van der Waals surface area contributed by atoms with Crippen molar-refractivity contribution in [2.24, 2.45) is 0 Å². The standard InChI is InChI=1S/C91H144O17P2/c1-5-9-13-17-21-25-29-33-37-40-42-45-49-52-56-60-64-68-72-76-89(94)102-82-87(108-91(96)78-74-70-66-62-58-54-50-46-43-41-38-34-30-26-22-18-14-10-6-2)84-106-110(99,100)104-80-85(92)79-103-109(97,98)105-83-86(107-90(95)77-73-69-65-61-57-53-47-36-32-28-24-20-16-12-8-4)81-101-88(93)75-71-67-63-59-55-51-48-44-39-35-31-27-23-19-15-11-7-3/h9-11,13-15,21-23,25-27,33-39,42-43,45-48,51-52,54,56,58,64,66,68,70,85-87,92H,5-8,12,16-20,24,28-32,40-41,44,49-50,53,55,57,59-63,65,67,69,71-84H2,1-4H3,(H,97,98)(H,99,100)/b13-9-,14-10-,15-11-,25-21-,26-22-,27-23-,37-33-,38-34-,39-35-,45-42-,46-43-,47-36-,51-48-,56-52-,58-54-,68-64-,70-66-. The topological polar surface area (TPSA) is 237 Å². The van der Waals surface area contributed by atoms with Crippen molar-refractivity contribution in [1.29, 1.82) is 0 Å². The number of carbonyl (C=O) groups is 4. The van der Waals surface area contributed by atoms with Crippen LogP contribution in [0, 0.1) is 0 Å². The Morgan fingerprint density at radius 2 is 0.491 bits per heavy atom. The minimum Gasteiger partial charge on any atom is -0.462 e. The van der Waals surface area contributed by atoms with Gasteiger partial charge in [-0.05, 0) is 167 Å². The lowest BCUT2D eigenvalue weighted by molar-refractivity contribution is -0.161. The summed E-state index contributed by atoms with van der Waals surface area (Å²) in [5, 5.41) is 10.7. The molecule has 5 atom stereocenters. The highest BCUT2D eigenvalue weighted by atomic mass is 31.2. The molecular formula is C91H144O17P2. The SMILES string of the molecule is CC/C=C\C/C=C\C/C=C\C/C=C\C/C=C\C/C=C\CCC(=O)OCC(COP(=O)(O)OCC(O)COP(=O)(O)OCC(COC(=O)CCCCCC/C=C\C/C=C\C/C=C\C/C=C\CC)OC(=O)CCCCCCC/C=C\CCCCCCCC)OC(=O)CC/C=C\C/C=C\C/C=C\C/C=C\C/C=C\C/C=C\CC. The van der Waals surface area contributed by atoms with Gasteiger partial charge in [-0.2, -0.15) is 0 Å². The number of hydrogen-bond donors (Lipinski definition) is 3. The fraction of sp³-hybridized carbons (Fsp3) is 0.582. The van der Waals surface area contributed by atoms with Gasteiger partial charge in [0, 0.05) is 25.7 Å². The van der Waals surface area contributed by atoms with Crippen LogP contribution in [0.4, 0.5) is 0 Å². The van der Waals surface area contributed by atoms with E-state index in [1.54, 1.807) is 0 Å². The lowest BCUT2D eigenvalue weighted by Crippen LogP contribution is -2.30. The Bertz CT molecular complexity index is 2900. The zero-order chi connectivity index (χ0) is 80.3. The Hall–Kier alpha value is -6.36. The lowest BCUT2D eigenvalue weighted by atomic mass is 10.1. The molecule has 0 aliphatic rings. The Labute approximate surface area is 665 Å². The molecule has 19 heteroatoms. The van der Waals surface area contributed by atoms with Crippen LogP contribution in [0.15, 0.2) is 207 Å². The molecule has 0 aromatic rings. The summed E-state index contributed by atoms with van der Waals surface area (Å²) in [4.78, 5) is 73.1. The fourth-order valence-electron chi connectivity index (χ4n) is 10.1. The first-order valence-corrected chi connectivity index (χ1v) is 44.3. The van der Waals surface area contributed by atoms with Gasteiger partial charge in [0.05, 0.1) is 26.4 Å². The Balaban J connectivity index is 5.57. The van der Waals surface area contributed by atoms with Crippen molar-refractivity contribution in [1.82, 2.24) is 0 Å². The number of phosphoric ester groups is 2. The summed E-state index contributed by atoms with van der Waals surface area (Å²) in [6.07, 6.45) is 101. The summed E-state index contributed by atoms with van der Waals surface area (Å²) in [6.45, 7) is 4.30. The maximum Gasteiger partial charge on any atom is 0.472 e. The third-order valence-corrected chi connectivity index (χ3v) is 18.2. The minimum atomic E-state index is -5.03. The molecule has 0 aromatic heterocycles. The predicted octanol–water partition coefficient (Wildman–Crippen LogP) is 24.7. The number of carbonyl (C=O) groups excluding carboxylic acids is 4. The number of esters is 4. The molecule has 0 fully saturated rings. The average Bonchev–Trinajstić information content (AvgIpc) is 0.900. The molecule has 620 valence electrons. The molecule has 3 N–H and O–H groups in total. The van der Waals surface area contributed by atoms with Crippen LogP contribution in [0.2, 0.25) is 0 Å². The molecule has 0 saturated heterocycles. The first-order valence-electron chi connectivity index (χ1n) is 41.3. The number of hydrogen-bond acceptors (Lipinski definition) is 15. The van der Waals surface area contributed by atoms with Crippen LogP contribution >= 0.6 is 15.6 Å². The quantitative estimate of drug-likeness (QED) is 0.0169. The summed E-state index contributed by atoms with van der Waals surface area (Å²) in [5.74, 6) is -2.43. The van der Waals surface area contributed by atoms with Gasteiger partial charge in [-0.1, -0.05) is 298 Å². The largest absolute Gasteiger partial charge is 0.472 e. The van der Waals surface area contributed by atoms with Crippen LogP contribution in [-0.2, 0) is 65.4 Å². The van der Waals surface area contributed by atoms with Gasteiger partial charge < -0.3 is 33.8 Å². The third kappa shape index (κ3) is 79.7. The van der Waals surface area contributed by atoms with Crippen molar-refractivity contribution < 1.29 is 80.2 Å². The number of unbranched alkanes of at least 4 members (excludes halogenated alkanes) is 15. The molecule has 0 bridgehead atoms. The van der Waals surface area contributed by atoms with Gasteiger partial charge in [-0.3, -0.25) is 37.3 Å². The van der Waals surface area contributed by atoms with E-state index in [4.69, 9.17) is 37.0 Å². The first-order chi connectivity index (χ1) is 53.7. The van der Waals surface area contributed by atoms with E-state index >= 15 is 0 Å². The number of aliphatic hydroxyl groups is 1. The third-order valence-electron chi connectivity index (χ3n) is 16.3. The van der Waals surface area contributed by atoms with E-state index < -0.39 is 97.5 Å². The fourth-order valence-corrected chi connectivity index (χ4v) is 11.7. The number of aliphatic hydroxyl groups excluding tert-OH is 1. The summed E-state index contributed by atoms with van der Waals surface area (Å²) >= 11 is 0. The van der Waals surface area contributed by atoms with Crippen molar-refractivity contribution in [3.8, 4) is 0 Å². The summed E-state index contributed by atoms with van der Waals surface area (Å²) in [5.41, 5.74) is 0. The van der Waals surface area contributed by atoms with Crippen LogP contribution in [0.3, 0.4) is 0 Å². The molecule has 0 rings (SSSR count). The molecular weight excluding hydrogens is 1430 g/mol. The highest BCUT2D eigenvalue weighted by Gasteiger charge is 2.30. The zero-order valence-electron chi connectivity index (χ0n) is 67.8. The van der Waals surface area contributed by atoms with Gasteiger partial charge >= 0.3 is 39.5 Å². The summed E-state index contributed by atoms with van der Waals surface area (Å²) < 4.78 is 68.5. The first kappa shape index (κ1) is 104. The lowest BCUT2D eigenvalue weighted by Gasteiger charge is -2.21. The molecule has 0 aromatic carbocycles. The minimum absolute atomic E-state index is 0.0110. The monoisotopic (exact) mass is 1570 g/mol. The van der Waals surface area contributed by atoms with Crippen LogP contribution < -0.4 is 0 Å². The molecule has 5 unspecified atom stereocenters. The van der Waals surface area contributed by atoms with Crippen LogP contribution in [0.5, 0.6) is 0 Å². The zero-order valence-corrected chi connectivity index (χ0v) is 69.6. The van der Waals surface area contributed by atoms with E-state index in [0.717, 1.165) is 154 Å². The van der Waals surface area contributed by atoms with Crippen LogP contribution in [-0.4, -0.2) is 96.7 Å². The predicted molar refractivity (Wildman–Crippen MR) is 454 cm³/mol. The average molecular weight is 1570 g/mol. The highest BCUT2D eigenvalue weighted by molar-refractivity contribution is 7.47. The summed E-state index contributed by atoms with van der Waals surface area (Å²) in [7, 11) is -10.0. The second-order valence-electron chi connectivity index (χ2n) is 26.6.